The molecule has 6 aromatic carbocycles. The molecule has 3 heteroatoms. The second kappa shape index (κ2) is 11.9. The van der Waals surface area contributed by atoms with E-state index in [1.54, 1.807) is 0 Å². The molecule has 10 rings (SSSR count). The minimum Gasteiger partial charge on any atom is -0.310 e. The van der Waals surface area contributed by atoms with Gasteiger partial charge in [0.1, 0.15) is 0 Å². The SMILES string of the molecule is CC(C)(C)c1ccc2c(c1)-c1cc(C(C)(C)C)cc3c1CC2(C)c1cc(-c2cccc(C#N)c2)cc2c1B3c1cc(C(C)(C)C)cc3c4cc(C(C)(C)C)ccc4n-2c13. The summed E-state index contributed by atoms with van der Waals surface area (Å²) in [5.41, 5.74) is 23.3. The fraction of sp³-hybridized carbons (Fsp3) is 0.339. The Hall–Kier alpha value is -5.33. The van der Waals surface area contributed by atoms with Crippen LogP contribution in [0.15, 0.2) is 97.1 Å². The minimum absolute atomic E-state index is 0.0123. The lowest BCUT2D eigenvalue weighted by molar-refractivity contribution is 0.559. The molecule has 0 amide bonds. The maximum Gasteiger partial charge on any atom is 0.247 e. The Bertz CT molecular complexity index is 3030. The van der Waals surface area contributed by atoms with Crippen LogP contribution in [0.1, 0.15) is 135 Å². The Morgan fingerprint density at radius 1 is 0.576 bits per heavy atom. The summed E-state index contributed by atoms with van der Waals surface area (Å²) in [4.78, 5) is 0. The van der Waals surface area contributed by atoms with Gasteiger partial charge in [-0.1, -0.05) is 156 Å². The summed E-state index contributed by atoms with van der Waals surface area (Å²) >= 11 is 0. The molecule has 0 saturated carbocycles. The first kappa shape index (κ1) is 37.9. The van der Waals surface area contributed by atoms with Crippen molar-refractivity contribution in [2.45, 2.75) is 124 Å². The fourth-order valence-corrected chi connectivity index (χ4v) is 10.8. The molecule has 0 saturated heterocycles. The van der Waals surface area contributed by atoms with Crippen LogP contribution in [0.4, 0.5) is 0 Å². The van der Waals surface area contributed by atoms with Gasteiger partial charge in [0, 0.05) is 27.4 Å². The van der Waals surface area contributed by atoms with E-state index in [0.717, 1.165) is 17.5 Å². The van der Waals surface area contributed by atoms with Crippen molar-refractivity contribution in [2.75, 3.05) is 0 Å². The monoisotopic (exact) mass is 768 g/mol. The van der Waals surface area contributed by atoms with E-state index >= 15 is 0 Å². The summed E-state index contributed by atoms with van der Waals surface area (Å²) in [6, 6.07) is 40.5. The molecule has 0 N–H and O–H groups in total. The van der Waals surface area contributed by atoms with Gasteiger partial charge >= 0.3 is 0 Å². The van der Waals surface area contributed by atoms with Crippen LogP contribution in [0.5, 0.6) is 0 Å². The van der Waals surface area contributed by atoms with Gasteiger partial charge in [-0.25, -0.2) is 0 Å². The van der Waals surface area contributed by atoms with Crippen molar-refractivity contribution >= 4 is 44.9 Å². The van der Waals surface area contributed by atoms with E-state index < -0.39 is 0 Å². The van der Waals surface area contributed by atoms with E-state index in [4.69, 9.17) is 0 Å². The highest BCUT2D eigenvalue weighted by Gasteiger charge is 2.49. The number of nitriles is 1. The van der Waals surface area contributed by atoms with E-state index in [-0.39, 0.29) is 33.8 Å². The number of benzene rings is 6. The number of nitrogens with zero attached hydrogens (tertiary/aromatic N) is 2. The van der Waals surface area contributed by atoms with Crippen LogP contribution >= 0.6 is 0 Å². The average molecular weight is 769 g/mol. The Morgan fingerprint density at radius 3 is 1.86 bits per heavy atom. The van der Waals surface area contributed by atoms with Crippen molar-refractivity contribution in [1.29, 1.82) is 5.26 Å². The number of hydrogen-bond acceptors (Lipinski definition) is 1. The van der Waals surface area contributed by atoms with Gasteiger partial charge in [-0.2, -0.15) is 5.26 Å². The van der Waals surface area contributed by atoms with Gasteiger partial charge in [-0.05, 0) is 137 Å². The van der Waals surface area contributed by atoms with Crippen LogP contribution in [-0.2, 0) is 33.5 Å². The predicted octanol–water partition coefficient (Wildman–Crippen LogP) is 12.2. The molecule has 294 valence electrons. The summed E-state index contributed by atoms with van der Waals surface area (Å²) in [7, 11) is 0. The molecule has 1 unspecified atom stereocenters. The molecule has 3 aliphatic rings. The number of rotatable bonds is 1. The first-order chi connectivity index (χ1) is 27.6. The normalized spacial score (nSPS) is 16.8. The summed E-state index contributed by atoms with van der Waals surface area (Å²) < 4.78 is 2.63. The third kappa shape index (κ3) is 5.44. The maximum absolute atomic E-state index is 10.1. The molecule has 1 aliphatic carbocycles. The van der Waals surface area contributed by atoms with Crippen LogP contribution in [-0.4, -0.2) is 11.3 Å². The topological polar surface area (TPSA) is 28.7 Å². The van der Waals surface area contributed by atoms with Gasteiger partial charge < -0.3 is 4.57 Å². The first-order valence-electron chi connectivity index (χ1n) is 21.7. The van der Waals surface area contributed by atoms with Gasteiger partial charge in [0.25, 0.3) is 0 Å². The average Bonchev–Trinajstić information content (AvgIpc) is 3.45. The predicted molar refractivity (Wildman–Crippen MR) is 252 cm³/mol. The first-order valence-corrected chi connectivity index (χ1v) is 21.7. The molecule has 2 nitrogen and oxygen atoms in total. The summed E-state index contributed by atoms with van der Waals surface area (Å²) in [5.74, 6) is 0. The van der Waals surface area contributed by atoms with Gasteiger partial charge in [-0.3, -0.25) is 0 Å². The smallest absolute Gasteiger partial charge is 0.247 e. The third-order valence-corrected chi connectivity index (χ3v) is 14.3. The fourth-order valence-electron chi connectivity index (χ4n) is 10.8. The van der Waals surface area contributed by atoms with E-state index in [9.17, 15) is 5.26 Å². The Kier molecular flexibility index (Phi) is 7.65. The largest absolute Gasteiger partial charge is 0.310 e. The molecule has 7 aromatic rings. The zero-order valence-electron chi connectivity index (χ0n) is 37.4. The Balaban J connectivity index is 1.45. The second-order valence-electron chi connectivity index (χ2n) is 22.5. The van der Waals surface area contributed by atoms with Crippen molar-refractivity contribution < 1.29 is 0 Å². The quantitative estimate of drug-likeness (QED) is 0.153. The van der Waals surface area contributed by atoms with Gasteiger partial charge in [0.2, 0.25) is 6.71 Å². The van der Waals surface area contributed by atoms with Crippen molar-refractivity contribution in [3.05, 3.63) is 142 Å². The molecule has 2 aliphatic heterocycles. The summed E-state index contributed by atoms with van der Waals surface area (Å²) in [6.45, 7) is 30.8. The van der Waals surface area contributed by atoms with Crippen molar-refractivity contribution in [3.8, 4) is 34.0 Å². The highest BCUT2D eigenvalue weighted by Crippen LogP contribution is 2.51. The lowest BCUT2D eigenvalue weighted by Crippen LogP contribution is -2.58. The number of fused-ring (bicyclic) bond motifs is 7. The van der Waals surface area contributed by atoms with Crippen molar-refractivity contribution in [2.24, 2.45) is 0 Å². The van der Waals surface area contributed by atoms with Crippen molar-refractivity contribution in [1.82, 2.24) is 4.57 Å². The van der Waals surface area contributed by atoms with E-state index in [1.165, 1.54) is 94.0 Å². The molecule has 1 aromatic heterocycles. The van der Waals surface area contributed by atoms with Gasteiger partial charge in [0.15, 0.2) is 0 Å². The van der Waals surface area contributed by atoms with Gasteiger partial charge in [-0.15, -0.1) is 0 Å². The van der Waals surface area contributed by atoms with Crippen LogP contribution < -0.4 is 16.4 Å². The van der Waals surface area contributed by atoms with Crippen LogP contribution in [0, 0.1) is 11.3 Å². The van der Waals surface area contributed by atoms with E-state index in [0.29, 0.717) is 5.56 Å². The summed E-state index contributed by atoms with van der Waals surface area (Å²) in [6.07, 6.45) is 0.932. The number of aromatic nitrogens is 1. The van der Waals surface area contributed by atoms with Crippen LogP contribution in [0.25, 0.3) is 49.7 Å². The second-order valence-corrected chi connectivity index (χ2v) is 22.5. The molecule has 3 heterocycles. The molecule has 0 spiro atoms. The van der Waals surface area contributed by atoms with Crippen LogP contribution in [0.3, 0.4) is 0 Å². The lowest BCUT2D eigenvalue weighted by atomic mass is 9.34. The molecule has 0 fully saturated rings. The molecule has 59 heavy (non-hydrogen) atoms. The van der Waals surface area contributed by atoms with Crippen molar-refractivity contribution in [3.63, 3.8) is 0 Å². The summed E-state index contributed by atoms with van der Waals surface area (Å²) in [5, 5.41) is 12.7. The third-order valence-electron chi connectivity index (χ3n) is 14.3. The highest BCUT2D eigenvalue weighted by atomic mass is 15.0. The Morgan fingerprint density at radius 2 is 1.19 bits per heavy atom. The lowest BCUT2D eigenvalue weighted by Gasteiger charge is -2.40. The van der Waals surface area contributed by atoms with E-state index in [1.807, 2.05) is 12.1 Å². The Labute approximate surface area is 352 Å². The molecule has 4 bridgehead atoms. The zero-order chi connectivity index (χ0) is 41.9. The highest BCUT2D eigenvalue weighted by molar-refractivity contribution is 6.98. The molecule has 1 atom stereocenters. The minimum atomic E-state index is -0.307. The number of hydrogen-bond donors (Lipinski definition) is 0. The molecular formula is C56H57BN2. The van der Waals surface area contributed by atoms with E-state index in [2.05, 4.69) is 186 Å². The zero-order valence-corrected chi connectivity index (χ0v) is 37.4. The molecular weight excluding hydrogens is 711 g/mol. The standard InChI is InChI=1S/C56H57BN2/c1-52(2,3)35-17-19-44-40(24-35)39-26-37(54(7,8)9)28-46-43(39)30-56(44,13)45-22-34(33-16-14-15-32(21-33)31-58)23-49-50(45)57(46)47-29-38(55(10,11)12)27-42-41-25-36(53(4,5)6)18-20-48(41)59(49)51(42)47/h14-29H,30H2,1-13H3. The van der Waals surface area contributed by atoms with Gasteiger partial charge in [0.05, 0.1) is 17.1 Å². The molecule has 0 radical (unpaired) electrons. The van der Waals surface area contributed by atoms with Crippen LogP contribution in [0.2, 0.25) is 0 Å². The maximum atomic E-state index is 10.1.